The largest absolute Gasteiger partial charge is 0.508 e. The highest BCUT2D eigenvalue weighted by Gasteiger charge is 2.25. The van der Waals surface area contributed by atoms with Crippen LogP contribution in [0.3, 0.4) is 0 Å². The van der Waals surface area contributed by atoms with Gasteiger partial charge in [-0.15, -0.1) is 5.06 Å². The molecule has 6 nitrogen and oxygen atoms in total. The van der Waals surface area contributed by atoms with Crippen LogP contribution in [-0.4, -0.2) is 41.0 Å². The van der Waals surface area contributed by atoms with Gasteiger partial charge in [0.1, 0.15) is 11.5 Å². The number of benzene rings is 1. The van der Waals surface area contributed by atoms with Gasteiger partial charge in [0.2, 0.25) is 0 Å². The van der Waals surface area contributed by atoms with Crippen molar-refractivity contribution in [2.75, 3.05) is 19.6 Å². The van der Waals surface area contributed by atoms with Crippen molar-refractivity contribution in [3.63, 3.8) is 0 Å². The molecule has 1 saturated carbocycles. The van der Waals surface area contributed by atoms with Crippen LogP contribution in [0.2, 0.25) is 0 Å². The first-order valence-corrected chi connectivity index (χ1v) is 8.84. The minimum atomic E-state index is -0.368. The molecule has 1 saturated heterocycles. The van der Waals surface area contributed by atoms with Gasteiger partial charge in [0.25, 0.3) is 0 Å². The Balaban J connectivity index is 1.42. The maximum Gasteiger partial charge on any atom is 0.426 e. The Hall–Kier alpha value is -1.95. The molecule has 0 aromatic heterocycles. The Bertz CT molecular complexity index is 564. The third kappa shape index (κ3) is 4.32. The number of nitrogens with zero attached hydrogens (tertiary/aromatic N) is 1. The van der Waals surface area contributed by atoms with E-state index < -0.39 is 0 Å². The normalized spacial score (nSPS) is 20.2. The number of hydrogen-bond acceptors (Lipinski definition) is 5. The van der Waals surface area contributed by atoms with Crippen LogP contribution in [0.15, 0.2) is 18.2 Å². The van der Waals surface area contributed by atoms with Crippen LogP contribution >= 0.6 is 0 Å². The fraction of sp³-hybridized carbons (Fsp3) is 0.611. The lowest BCUT2D eigenvalue weighted by atomic mass is 9.89. The number of hydrogen-bond donors (Lipinski definition) is 3. The number of amides is 1. The zero-order valence-corrected chi connectivity index (χ0v) is 13.9. The fourth-order valence-electron chi connectivity index (χ4n) is 3.73. The number of carbonyl (C=O) groups excluding carboxylic acids is 1. The van der Waals surface area contributed by atoms with Crippen LogP contribution in [0.25, 0.3) is 0 Å². The average molecular weight is 334 g/mol. The van der Waals surface area contributed by atoms with E-state index in [1.54, 1.807) is 17.2 Å². The molecule has 1 aromatic carbocycles. The van der Waals surface area contributed by atoms with E-state index in [0.717, 1.165) is 18.4 Å². The Labute approximate surface area is 142 Å². The highest BCUT2D eigenvalue weighted by atomic mass is 16.7. The topological polar surface area (TPSA) is 82.0 Å². The lowest BCUT2D eigenvalue weighted by Crippen LogP contribution is -2.39. The van der Waals surface area contributed by atoms with Crippen molar-refractivity contribution >= 4 is 6.09 Å². The Morgan fingerprint density at radius 2 is 1.88 bits per heavy atom. The van der Waals surface area contributed by atoms with Crippen LogP contribution in [-0.2, 0) is 4.84 Å². The van der Waals surface area contributed by atoms with Crippen molar-refractivity contribution in [3.05, 3.63) is 23.8 Å². The predicted octanol–water partition coefficient (Wildman–Crippen LogP) is 3.11. The van der Waals surface area contributed by atoms with Gasteiger partial charge in [-0.2, -0.15) is 0 Å². The molecule has 2 aliphatic rings. The summed E-state index contributed by atoms with van der Waals surface area (Å²) in [6, 6.07) is 4.73. The number of piperidine rings is 1. The second-order valence-corrected chi connectivity index (χ2v) is 6.86. The van der Waals surface area contributed by atoms with Gasteiger partial charge in [0.15, 0.2) is 0 Å². The summed E-state index contributed by atoms with van der Waals surface area (Å²) in [4.78, 5) is 17.2. The zero-order chi connectivity index (χ0) is 16.9. The van der Waals surface area contributed by atoms with Crippen LogP contribution in [0, 0.1) is 5.92 Å². The molecule has 0 bridgehead atoms. The van der Waals surface area contributed by atoms with Crippen molar-refractivity contribution in [3.8, 4) is 11.5 Å². The summed E-state index contributed by atoms with van der Waals surface area (Å²) in [6.45, 7) is 1.99. The maximum absolute atomic E-state index is 11.9. The molecule has 1 aromatic rings. The first kappa shape index (κ1) is 16.9. The Morgan fingerprint density at radius 3 is 2.54 bits per heavy atom. The first-order valence-electron chi connectivity index (χ1n) is 8.84. The number of nitrogens with one attached hydrogen (secondary N) is 1. The summed E-state index contributed by atoms with van der Waals surface area (Å²) in [6.07, 6.45) is 6.15. The molecule has 1 heterocycles. The monoisotopic (exact) mass is 334 g/mol. The summed E-state index contributed by atoms with van der Waals surface area (Å²) in [5, 5.41) is 23.9. The molecule has 2 fully saturated rings. The minimum Gasteiger partial charge on any atom is -0.508 e. The molecule has 24 heavy (non-hydrogen) atoms. The van der Waals surface area contributed by atoms with E-state index in [1.807, 2.05) is 0 Å². The lowest BCUT2D eigenvalue weighted by molar-refractivity contribution is -0.114. The van der Waals surface area contributed by atoms with E-state index in [1.165, 1.54) is 31.7 Å². The Kier molecular flexibility index (Phi) is 5.45. The van der Waals surface area contributed by atoms with Gasteiger partial charge in [-0.25, -0.2) is 4.79 Å². The van der Waals surface area contributed by atoms with Crippen LogP contribution in [0.4, 0.5) is 4.79 Å². The molecule has 132 valence electrons. The first-order chi connectivity index (χ1) is 11.6. The highest BCUT2D eigenvalue weighted by molar-refractivity contribution is 5.66. The number of aromatic hydroxyl groups is 2. The molecular formula is C18H26N2O4. The molecule has 0 unspecified atom stereocenters. The third-order valence-corrected chi connectivity index (χ3v) is 5.13. The molecule has 1 amide bonds. The lowest BCUT2D eigenvalue weighted by Gasteiger charge is -2.31. The molecule has 3 rings (SSSR count). The summed E-state index contributed by atoms with van der Waals surface area (Å²) in [7, 11) is 0. The summed E-state index contributed by atoms with van der Waals surface area (Å²) < 4.78 is 0. The van der Waals surface area contributed by atoms with Crippen LogP contribution in [0.5, 0.6) is 11.5 Å². The molecular weight excluding hydrogens is 308 g/mol. The number of phenols is 2. The summed E-state index contributed by atoms with van der Waals surface area (Å²) in [5.74, 6) is 1.01. The van der Waals surface area contributed by atoms with Crippen molar-refractivity contribution in [1.82, 2.24) is 10.4 Å². The van der Waals surface area contributed by atoms with Crippen molar-refractivity contribution in [1.29, 1.82) is 0 Å². The SMILES string of the molecule is O=C(NCC1CCCC1)ON1CCC(c2ccc(O)cc2O)CC1. The predicted molar refractivity (Wildman–Crippen MR) is 89.8 cm³/mol. The van der Waals surface area contributed by atoms with Gasteiger partial charge in [0.05, 0.1) is 0 Å². The van der Waals surface area contributed by atoms with Crippen LogP contribution in [0.1, 0.15) is 50.0 Å². The summed E-state index contributed by atoms with van der Waals surface area (Å²) in [5.41, 5.74) is 0.845. The number of carbonyl (C=O) groups is 1. The van der Waals surface area contributed by atoms with E-state index in [0.29, 0.717) is 25.6 Å². The molecule has 1 aliphatic carbocycles. The molecule has 1 aliphatic heterocycles. The quantitative estimate of drug-likeness (QED) is 0.788. The molecule has 0 spiro atoms. The highest BCUT2D eigenvalue weighted by Crippen LogP contribution is 2.35. The van der Waals surface area contributed by atoms with Gasteiger partial charge in [-0.05, 0) is 49.1 Å². The fourth-order valence-corrected chi connectivity index (χ4v) is 3.73. The molecule has 0 atom stereocenters. The van der Waals surface area contributed by atoms with Gasteiger partial charge in [-0.1, -0.05) is 18.9 Å². The molecule has 6 heteroatoms. The third-order valence-electron chi connectivity index (χ3n) is 5.13. The van der Waals surface area contributed by atoms with E-state index in [9.17, 15) is 15.0 Å². The average Bonchev–Trinajstić information content (AvgIpc) is 3.07. The number of hydroxylamine groups is 2. The second-order valence-electron chi connectivity index (χ2n) is 6.86. The standard InChI is InChI=1S/C18H26N2O4/c21-15-5-6-16(17(22)11-15)14-7-9-20(10-8-14)24-18(23)19-12-13-3-1-2-4-13/h5-6,11,13-14,21-22H,1-4,7-10,12H2,(H,19,23). The van der Waals surface area contributed by atoms with E-state index >= 15 is 0 Å². The van der Waals surface area contributed by atoms with Crippen molar-refractivity contribution in [2.24, 2.45) is 5.92 Å². The molecule has 0 radical (unpaired) electrons. The second kappa shape index (κ2) is 7.75. The van der Waals surface area contributed by atoms with Crippen molar-refractivity contribution in [2.45, 2.75) is 44.4 Å². The Morgan fingerprint density at radius 1 is 1.17 bits per heavy atom. The smallest absolute Gasteiger partial charge is 0.426 e. The van der Waals surface area contributed by atoms with E-state index in [4.69, 9.17) is 4.84 Å². The summed E-state index contributed by atoms with van der Waals surface area (Å²) >= 11 is 0. The zero-order valence-electron chi connectivity index (χ0n) is 13.9. The van der Waals surface area contributed by atoms with Gasteiger partial charge < -0.3 is 20.4 Å². The molecule has 3 N–H and O–H groups in total. The maximum atomic E-state index is 11.9. The van der Waals surface area contributed by atoms with E-state index in [-0.39, 0.29) is 23.5 Å². The number of rotatable bonds is 4. The van der Waals surface area contributed by atoms with Crippen molar-refractivity contribution < 1.29 is 19.8 Å². The number of phenolic OH excluding ortho intramolecular Hbond substituents is 2. The van der Waals surface area contributed by atoms with Gasteiger partial charge >= 0.3 is 6.09 Å². The van der Waals surface area contributed by atoms with Gasteiger partial charge in [-0.3, -0.25) is 0 Å². The van der Waals surface area contributed by atoms with Gasteiger partial charge in [0, 0.05) is 25.7 Å². The van der Waals surface area contributed by atoms with Crippen LogP contribution < -0.4 is 5.32 Å². The van der Waals surface area contributed by atoms with E-state index in [2.05, 4.69) is 5.32 Å². The minimum absolute atomic E-state index is 0.0657.